The predicted octanol–water partition coefficient (Wildman–Crippen LogP) is 3.41. The van der Waals surface area contributed by atoms with E-state index >= 15 is 0 Å². The van der Waals surface area contributed by atoms with Gasteiger partial charge < -0.3 is 9.47 Å². The maximum atomic E-state index is 13.7. The molecule has 0 unspecified atom stereocenters. The molecule has 0 bridgehead atoms. The molecule has 24 heavy (non-hydrogen) atoms. The van der Waals surface area contributed by atoms with Gasteiger partial charge in [0.2, 0.25) is 0 Å². The number of esters is 1. The molecule has 6 heteroatoms. The minimum absolute atomic E-state index is 0.262. The van der Waals surface area contributed by atoms with Crippen LogP contribution in [-0.2, 0) is 9.57 Å². The van der Waals surface area contributed by atoms with E-state index in [9.17, 15) is 9.18 Å². The number of hydroxylamine groups is 1. The minimum atomic E-state index is -0.552. The van der Waals surface area contributed by atoms with Crippen LogP contribution in [0.3, 0.4) is 0 Å². The topological polar surface area (TPSA) is 56.8 Å². The molecular weight excluding hydrogens is 313 g/mol. The van der Waals surface area contributed by atoms with Crippen molar-refractivity contribution in [2.45, 2.75) is 0 Å². The SMILES string of the molecule is C=C(NOC)c1ccc(-c2cc(F)ccc2OC)c(C(=O)OC)c1. The standard InChI is InChI=1S/C18H18FNO4/c1-11(20-24-4)12-5-7-14(16(9-12)18(21)23-3)15-10-13(19)6-8-17(15)22-2/h5-10,20H,1H2,2-4H3. The van der Waals surface area contributed by atoms with Crippen LogP contribution in [0.25, 0.3) is 16.8 Å². The molecular formula is C18H18FNO4. The van der Waals surface area contributed by atoms with Crippen LogP contribution in [-0.4, -0.2) is 27.3 Å². The molecule has 0 radical (unpaired) electrons. The molecule has 2 aromatic rings. The highest BCUT2D eigenvalue weighted by Crippen LogP contribution is 2.34. The Hall–Kier alpha value is -2.86. The summed E-state index contributed by atoms with van der Waals surface area (Å²) in [6, 6.07) is 9.12. The molecule has 0 aliphatic heterocycles. The molecule has 0 atom stereocenters. The second kappa shape index (κ2) is 7.61. The zero-order chi connectivity index (χ0) is 17.7. The van der Waals surface area contributed by atoms with Crippen LogP contribution < -0.4 is 10.2 Å². The minimum Gasteiger partial charge on any atom is -0.496 e. The first-order chi connectivity index (χ1) is 11.5. The fraction of sp³-hybridized carbons (Fsp3) is 0.167. The van der Waals surface area contributed by atoms with Gasteiger partial charge in [-0.3, -0.25) is 10.3 Å². The lowest BCUT2D eigenvalue weighted by atomic mass is 9.96. The summed E-state index contributed by atoms with van der Waals surface area (Å²) >= 11 is 0. The largest absolute Gasteiger partial charge is 0.496 e. The molecule has 0 saturated carbocycles. The van der Waals surface area contributed by atoms with Crippen molar-refractivity contribution in [3.63, 3.8) is 0 Å². The lowest BCUT2D eigenvalue weighted by Gasteiger charge is -2.15. The number of rotatable bonds is 6. The lowest BCUT2D eigenvalue weighted by molar-refractivity contribution is 0.0601. The maximum Gasteiger partial charge on any atom is 0.338 e. The Morgan fingerprint density at radius 1 is 1.08 bits per heavy atom. The van der Waals surface area contributed by atoms with Gasteiger partial charge in [-0.05, 0) is 24.3 Å². The van der Waals surface area contributed by atoms with Crippen molar-refractivity contribution in [2.24, 2.45) is 0 Å². The molecule has 2 rings (SSSR count). The van der Waals surface area contributed by atoms with E-state index in [1.165, 1.54) is 39.5 Å². The quantitative estimate of drug-likeness (QED) is 0.649. The van der Waals surface area contributed by atoms with Crippen LogP contribution in [0.2, 0.25) is 0 Å². The van der Waals surface area contributed by atoms with E-state index in [-0.39, 0.29) is 5.56 Å². The number of nitrogens with one attached hydrogen (secondary N) is 1. The molecule has 0 aliphatic rings. The monoisotopic (exact) mass is 331 g/mol. The Balaban J connectivity index is 2.64. The van der Waals surface area contributed by atoms with Gasteiger partial charge in [0.15, 0.2) is 0 Å². The molecule has 0 fully saturated rings. The first-order valence-electron chi connectivity index (χ1n) is 7.06. The molecule has 1 N–H and O–H groups in total. The van der Waals surface area contributed by atoms with Crippen LogP contribution in [0.1, 0.15) is 15.9 Å². The van der Waals surface area contributed by atoms with Crippen molar-refractivity contribution in [2.75, 3.05) is 21.3 Å². The van der Waals surface area contributed by atoms with Gasteiger partial charge >= 0.3 is 5.97 Å². The average molecular weight is 331 g/mol. The Bertz CT molecular complexity index is 774. The molecule has 2 aromatic carbocycles. The lowest BCUT2D eigenvalue weighted by Crippen LogP contribution is -2.11. The van der Waals surface area contributed by atoms with Crippen molar-refractivity contribution in [1.29, 1.82) is 0 Å². The van der Waals surface area contributed by atoms with E-state index in [2.05, 4.69) is 12.1 Å². The smallest absolute Gasteiger partial charge is 0.338 e. The summed E-state index contributed by atoms with van der Waals surface area (Å²) in [5.74, 6) is -0.539. The summed E-state index contributed by atoms with van der Waals surface area (Å²) in [4.78, 5) is 17.0. The Morgan fingerprint density at radius 3 is 2.46 bits per heavy atom. The highest BCUT2D eigenvalue weighted by atomic mass is 19.1. The van der Waals surface area contributed by atoms with Gasteiger partial charge in [0, 0.05) is 16.7 Å². The van der Waals surface area contributed by atoms with Crippen LogP contribution in [0.5, 0.6) is 5.75 Å². The van der Waals surface area contributed by atoms with Crippen LogP contribution in [0.15, 0.2) is 43.0 Å². The van der Waals surface area contributed by atoms with Gasteiger partial charge in [-0.15, -0.1) is 0 Å². The van der Waals surface area contributed by atoms with Crippen LogP contribution >= 0.6 is 0 Å². The van der Waals surface area contributed by atoms with Gasteiger partial charge in [-0.1, -0.05) is 18.7 Å². The fourth-order valence-corrected chi connectivity index (χ4v) is 2.32. The summed E-state index contributed by atoms with van der Waals surface area (Å²) in [5, 5.41) is 0. The number of carbonyl (C=O) groups is 1. The van der Waals surface area contributed by atoms with Crippen molar-refractivity contribution in [1.82, 2.24) is 5.48 Å². The summed E-state index contributed by atoms with van der Waals surface area (Å²) < 4.78 is 23.8. The summed E-state index contributed by atoms with van der Waals surface area (Å²) in [5.41, 5.74) is 4.92. The second-order valence-corrected chi connectivity index (χ2v) is 4.88. The number of carbonyl (C=O) groups excluding carboxylic acids is 1. The van der Waals surface area contributed by atoms with Gasteiger partial charge in [0.1, 0.15) is 11.6 Å². The van der Waals surface area contributed by atoms with E-state index < -0.39 is 11.8 Å². The zero-order valence-corrected chi connectivity index (χ0v) is 13.7. The summed E-state index contributed by atoms with van der Waals surface area (Å²) in [7, 11) is 4.22. The summed E-state index contributed by atoms with van der Waals surface area (Å²) in [6.07, 6.45) is 0. The summed E-state index contributed by atoms with van der Waals surface area (Å²) in [6.45, 7) is 3.82. The maximum absolute atomic E-state index is 13.7. The Morgan fingerprint density at radius 2 is 1.83 bits per heavy atom. The molecule has 0 aromatic heterocycles. The highest BCUT2D eigenvalue weighted by molar-refractivity contribution is 5.99. The average Bonchev–Trinajstić information content (AvgIpc) is 2.60. The number of halogens is 1. The van der Waals surface area contributed by atoms with E-state index in [1.807, 2.05) is 0 Å². The van der Waals surface area contributed by atoms with E-state index in [0.29, 0.717) is 28.1 Å². The van der Waals surface area contributed by atoms with Crippen LogP contribution in [0, 0.1) is 5.82 Å². The molecule has 0 heterocycles. The van der Waals surface area contributed by atoms with E-state index in [0.717, 1.165) is 0 Å². The van der Waals surface area contributed by atoms with Gasteiger partial charge in [-0.2, -0.15) is 0 Å². The third kappa shape index (κ3) is 3.55. The van der Waals surface area contributed by atoms with Gasteiger partial charge in [0.25, 0.3) is 0 Å². The highest BCUT2D eigenvalue weighted by Gasteiger charge is 2.18. The molecule has 0 spiro atoms. The third-order valence-electron chi connectivity index (χ3n) is 3.45. The number of methoxy groups -OCH3 is 2. The normalized spacial score (nSPS) is 10.2. The first kappa shape index (κ1) is 17.5. The Labute approximate surface area is 139 Å². The van der Waals surface area contributed by atoms with Gasteiger partial charge in [0.05, 0.1) is 32.6 Å². The van der Waals surface area contributed by atoms with Crippen LogP contribution in [0.4, 0.5) is 4.39 Å². The number of hydrogen-bond acceptors (Lipinski definition) is 5. The molecule has 0 aliphatic carbocycles. The zero-order valence-electron chi connectivity index (χ0n) is 13.7. The molecule has 5 nitrogen and oxygen atoms in total. The molecule has 0 amide bonds. The van der Waals surface area contributed by atoms with Crippen molar-refractivity contribution in [3.05, 3.63) is 59.9 Å². The molecule has 0 saturated heterocycles. The predicted molar refractivity (Wildman–Crippen MR) is 88.9 cm³/mol. The second-order valence-electron chi connectivity index (χ2n) is 4.88. The molecule has 126 valence electrons. The number of hydrogen-bond donors (Lipinski definition) is 1. The number of benzene rings is 2. The third-order valence-corrected chi connectivity index (χ3v) is 3.45. The van der Waals surface area contributed by atoms with E-state index in [1.54, 1.807) is 18.2 Å². The van der Waals surface area contributed by atoms with Crippen molar-refractivity contribution in [3.8, 4) is 16.9 Å². The fourth-order valence-electron chi connectivity index (χ4n) is 2.32. The van der Waals surface area contributed by atoms with Gasteiger partial charge in [-0.25, -0.2) is 9.18 Å². The van der Waals surface area contributed by atoms with Crippen molar-refractivity contribution < 1.29 is 23.5 Å². The Kier molecular flexibility index (Phi) is 5.55. The first-order valence-corrected chi connectivity index (χ1v) is 7.06. The van der Waals surface area contributed by atoms with E-state index in [4.69, 9.17) is 14.3 Å². The number of ether oxygens (including phenoxy) is 2. The van der Waals surface area contributed by atoms with Crippen molar-refractivity contribution >= 4 is 11.7 Å².